The summed E-state index contributed by atoms with van der Waals surface area (Å²) in [5.74, 6) is 0.425. The zero-order valence-electron chi connectivity index (χ0n) is 24.8. The van der Waals surface area contributed by atoms with Gasteiger partial charge in [0.15, 0.2) is 0 Å². The Kier molecular flexibility index (Phi) is 10.8. The van der Waals surface area contributed by atoms with Crippen molar-refractivity contribution in [3.8, 4) is 5.75 Å². The second kappa shape index (κ2) is 14.5. The van der Waals surface area contributed by atoms with E-state index in [9.17, 15) is 14.4 Å². The number of aryl methyl sites for hydroxylation is 2. The van der Waals surface area contributed by atoms with Crippen molar-refractivity contribution in [1.29, 1.82) is 0 Å². The number of benzene rings is 2. The largest absolute Gasteiger partial charge is 0.492 e. The Balaban J connectivity index is 1.60. The van der Waals surface area contributed by atoms with Crippen LogP contribution in [0.15, 0.2) is 48.5 Å². The number of fused-ring (bicyclic) bond motifs is 1. The minimum Gasteiger partial charge on any atom is -0.492 e. The molecule has 0 unspecified atom stereocenters. The Morgan fingerprint density at radius 2 is 1.71 bits per heavy atom. The Hall–Kier alpha value is -3.39. The summed E-state index contributed by atoms with van der Waals surface area (Å²) >= 11 is 0. The molecule has 1 aliphatic carbocycles. The fourth-order valence-electron chi connectivity index (χ4n) is 5.90. The van der Waals surface area contributed by atoms with Crippen LogP contribution in [-0.4, -0.2) is 55.0 Å². The predicted molar refractivity (Wildman–Crippen MR) is 161 cm³/mol. The summed E-state index contributed by atoms with van der Waals surface area (Å²) in [5.41, 5.74) is 2.12. The summed E-state index contributed by atoms with van der Waals surface area (Å²) in [5, 5.41) is 12.6. The lowest BCUT2D eigenvalue weighted by Crippen LogP contribution is -2.63. The number of nitrogens with one attached hydrogen (secondary N) is 4. The zero-order chi connectivity index (χ0) is 29.2. The highest BCUT2D eigenvalue weighted by atomic mass is 16.5. The summed E-state index contributed by atoms with van der Waals surface area (Å²) in [6.07, 6.45) is 5.30. The van der Waals surface area contributed by atoms with Crippen molar-refractivity contribution >= 4 is 17.7 Å². The Morgan fingerprint density at radius 1 is 0.927 bits per heavy atom. The molecule has 1 aliphatic heterocycles. The molecule has 4 rings (SSSR count). The Morgan fingerprint density at radius 3 is 2.46 bits per heavy atom. The molecular weight excluding hydrogens is 516 g/mol. The number of carbonyl (C=O) groups is 3. The molecule has 3 amide bonds. The molecule has 0 saturated heterocycles. The van der Waals surface area contributed by atoms with Gasteiger partial charge in [0.1, 0.15) is 23.9 Å². The van der Waals surface area contributed by atoms with E-state index in [-0.39, 0.29) is 23.6 Å². The van der Waals surface area contributed by atoms with Crippen molar-refractivity contribution in [1.82, 2.24) is 21.3 Å². The molecule has 1 fully saturated rings. The maximum Gasteiger partial charge on any atom is 0.246 e. The molecular formula is C33H46N4O4. The summed E-state index contributed by atoms with van der Waals surface area (Å²) in [6, 6.07) is 14.7. The van der Waals surface area contributed by atoms with Crippen molar-refractivity contribution < 1.29 is 19.1 Å². The van der Waals surface area contributed by atoms with Gasteiger partial charge in [-0.25, -0.2) is 0 Å². The fourth-order valence-corrected chi connectivity index (χ4v) is 5.90. The van der Waals surface area contributed by atoms with Gasteiger partial charge in [-0.05, 0) is 62.1 Å². The number of para-hydroxylation sites is 1. The van der Waals surface area contributed by atoms with Crippen LogP contribution in [0.5, 0.6) is 5.75 Å². The van der Waals surface area contributed by atoms with Gasteiger partial charge in [0.05, 0.1) is 6.04 Å². The first-order chi connectivity index (χ1) is 19.8. The third kappa shape index (κ3) is 8.55. The van der Waals surface area contributed by atoms with Gasteiger partial charge < -0.3 is 26.0 Å². The lowest BCUT2D eigenvalue weighted by molar-refractivity contribution is -0.136. The normalized spacial score (nSPS) is 22.6. The Bertz CT molecular complexity index is 1190. The van der Waals surface area contributed by atoms with Crippen LogP contribution < -0.4 is 26.0 Å². The highest BCUT2D eigenvalue weighted by Crippen LogP contribution is 2.31. The van der Waals surface area contributed by atoms with E-state index in [1.807, 2.05) is 55.5 Å². The molecule has 222 valence electrons. The van der Waals surface area contributed by atoms with E-state index in [0.717, 1.165) is 48.1 Å². The van der Waals surface area contributed by atoms with Gasteiger partial charge in [0, 0.05) is 19.5 Å². The number of hydrogen-bond donors (Lipinski definition) is 4. The molecule has 0 bridgehead atoms. The van der Waals surface area contributed by atoms with Gasteiger partial charge in [0.2, 0.25) is 17.7 Å². The number of amides is 3. The van der Waals surface area contributed by atoms with Gasteiger partial charge >= 0.3 is 0 Å². The van der Waals surface area contributed by atoms with E-state index in [1.54, 1.807) is 0 Å². The minimum atomic E-state index is -1.03. The van der Waals surface area contributed by atoms with E-state index in [2.05, 4.69) is 35.1 Å². The molecule has 1 heterocycles. The van der Waals surface area contributed by atoms with E-state index in [4.69, 9.17) is 4.74 Å². The molecule has 41 heavy (non-hydrogen) atoms. The van der Waals surface area contributed by atoms with Crippen LogP contribution in [0.1, 0.15) is 69.1 Å². The van der Waals surface area contributed by atoms with Crippen LogP contribution >= 0.6 is 0 Å². The van der Waals surface area contributed by atoms with Gasteiger partial charge in [0.25, 0.3) is 0 Å². The van der Waals surface area contributed by atoms with E-state index in [1.165, 1.54) is 0 Å². The maximum atomic E-state index is 13.9. The topological polar surface area (TPSA) is 109 Å². The first-order valence-corrected chi connectivity index (χ1v) is 15.2. The Labute approximate surface area is 244 Å². The molecule has 8 heteroatoms. The van der Waals surface area contributed by atoms with Gasteiger partial charge in [-0.3, -0.25) is 14.4 Å². The van der Waals surface area contributed by atoms with Crippen LogP contribution in [0.4, 0.5) is 0 Å². The van der Waals surface area contributed by atoms with Gasteiger partial charge in [-0.15, -0.1) is 0 Å². The van der Waals surface area contributed by atoms with E-state index < -0.39 is 17.6 Å². The molecule has 1 saturated carbocycles. The van der Waals surface area contributed by atoms with E-state index >= 15 is 0 Å². The third-order valence-electron chi connectivity index (χ3n) is 8.07. The van der Waals surface area contributed by atoms with Crippen molar-refractivity contribution in [2.24, 2.45) is 5.92 Å². The van der Waals surface area contributed by atoms with Crippen LogP contribution in [0.25, 0.3) is 0 Å². The highest BCUT2D eigenvalue weighted by Gasteiger charge is 2.44. The molecule has 2 aromatic rings. The molecule has 2 aromatic carbocycles. The van der Waals surface area contributed by atoms with Crippen molar-refractivity contribution in [2.75, 3.05) is 19.7 Å². The van der Waals surface area contributed by atoms with Crippen LogP contribution in [0, 0.1) is 12.8 Å². The monoisotopic (exact) mass is 562 g/mol. The molecule has 0 aromatic heterocycles. The molecule has 4 N–H and O–H groups in total. The fraction of sp³-hybridized carbons (Fsp3) is 0.545. The molecule has 1 spiro atoms. The highest BCUT2D eigenvalue weighted by molar-refractivity contribution is 5.96. The summed E-state index contributed by atoms with van der Waals surface area (Å²) < 4.78 is 6.10. The lowest BCUT2D eigenvalue weighted by atomic mass is 9.93. The molecule has 2 atom stereocenters. The average molecular weight is 563 g/mol. The summed E-state index contributed by atoms with van der Waals surface area (Å²) in [7, 11) is 0. The summed E-state index contributed by atoms with van der Waals surface area (Å²) in [4.78, 5) is 41.0. The zero-order valence-corrected chi connectivity index (χ0v) is 24.8. The average Bonchev–Trinajstić information content (AvgIpc) is 3.42. The smallest absolute Gasteiger partial charge is 0.246 e. The quantitative estimate of drug-likeness (QED) is 0.456. The molecule has 0 radical (unpaired) electrons. The second-order valence-electron chi connectivity index (χ2n) is 12.0. The molecule has 8 nitrogen and oxygen atoms in total. The first-order valence-electron chi connectivity index (χ1n) is 15.2. The van der Waals surface area contributed by atoms with Crippen LogP contribution in [-0.2, 0) is 27.2 Å². The second-order valence-corrected chi connectivity index (χ2v) is 12.0. The minimum absolute atomic E-state index is 0.183. The van der Waals surface area contributed by atoms with Gasteiger partial charge in [-0.2, -0.15) is 0 Å². The van der Waals surface area contributed by atoms with Crippen molar-refractivity contribution in [3.05, 3.63) is 65.2 Å². The number of carbonyl (C=O) groups excluding carboxylic acids is 3. The lowest BCUT2D eigenvalue weighted by Gasteiger charge is -2.33. The van der Waals surface area contributed by atoms with Crippen molar-refractivity contribution in [2.45, 2.75) is 89.8 Å². The molecule has 2 aliphatic rings. The summed E-state index contributed by atoms with van der Waals surface area (Å²) in [6.45, 7) is 7.58. The number of rotatable bonds is 4. The predicted octanol–water partition coefficient (Wildman–Crippen LogP) is 3.60. The number of ether oxygens (including phenoxy) is 1. The van der Waals surface area contributed by atoms with Crippen molar-refractivity contribution in [3.63, 3.8) is 0 Å². The van der Waals surface area contributed by atoms with E-state index in [0.29, 0.717) is 45.4 Å². The maximum absolute atomic E-state index is 13.9. The third-order valence-corrected chi connectivity index (χ3v) is 8.07. The number of hydrogen-bond acceptors (Lipinski definition) is 5. The van der Waals surface area contributed by atoms with Crippen LogP contribution in [0.3, 0.4) is 0 Å². The van der Waals surface area contributed by atoms with Crippen LogP contribution in [0.2, 0.25) is 0 Å². The van der Waals surface area contributed by atoms with Gasteiger partial charge in [-0.1, -0.05) is 74.7 Å². The SMILES string of the molecule is Cc1cccc(C[C@@H]2NC(=O)C3(CCCC3)NC(=O)[C@H](CC(C)C)NCCOc3ccccc3CCCNC2=O)c1. The standard InChI is InChI=1S/C33H46N4O4/c1-23(2)20-27-31(39)37-33(15-6-7-16-33)32(40)36-28(22-25-11-8-10-24(3)21-25)30(38)35-17-9-13-26-12-4-5-14-29(26)41-19-18-34-27/h4-5,8,10-12,14,21,23,27-28,34H,6-7,9,13,15-20,22H2,1-3H3,(H,35,38)(H,36,40)(H,37,39)/t27-,28-/m0/s1. The first kappa shape index (κ1) is 30.6.